The number of unbranched alkanes of at least 4 members (excludes halogenated alkanes) is 1. The Kier molecular flexibility index (Phi) is 5.03. The zero-order chi connectivity index (χ0) is 12.8. The van der Waals surface area contributed by atoms with Gasteiger partial charge in [-0.2, -0.15) is 0 Å². The van der Waals surface area contributed by atoms with Gasteiger partial charge < -0.3 is 0 Å². The Hall–Kier alpha value is -1.49. The molecular weight excluding hydrogens is 226 g/mol. The second-order valence-corrected chi connectivity index (χ2v) is 3.90. The third kappa shape index (κ3) is 4.48. The van der Waals surface area contributed by atoms with Crippen LogP contribution in [0.15, 0.2) is 18.2 Å². The highest BCUT2D eigenvalue weighted by Gasteiger charge is 2.10. The highest BCUT2D eigenvalue weighted by atomic mass is 19.1. The van der Waals surface area contributed by atoms with Crippen LogP contribution in [0.25, 0.3) is 0 Å². The van der Waals surface area contributed by atoms with E-state index in [1.54, 1.807) is 0 Å². The fraction of sp³-hybridized carbons (Fsp3) is 0.417. The number of halogens is 2. The third-order valence-corrected chi connectivity index (χ3v) is 2.34. The van der Waals surface area contributed by atoms with Crippen LogP contribution in [0.5, 0.6) is 0 Å². The van der Waals surface area contributed by atoms with Gasteiger partial charge in [0.25, 0.3) is 0 Å². The molecule has 5 heteroatoms. The summed E-state index contributed by atoms with van der Waals surface area (Å²) in [5, 5.41) is 0.990. The number of nitrogens with two attached hydrogens (primary N) is 1. The van der Waals surface area contributed by atoms with Gasteiger partial charge in [0.2, 0.25) is 5.91 Å². The molecule has 0 radical (unpaired) electrons. The van der Waals surface area contributed by atoms with Gasteiger partial charge in [0.05, 0.1) is 6.54 Å². The maximum atomic E-state index is 12.9. The van der Waals surface area contributed by atoms with Crippen LogP contribution >= 0.6 is 0 Å². The first-order valence-electron chi connectivity index (χ1n) is 5.53. The number of carbonyl (C=O) groups is 1. The van der Waals surface area contributed by atoms with Gasteiger partial charge in [-0.15, -0.1) is 0 Å². The molecule has 1 amide bonds. The largest absolute Gasteiger partial charge is 0.276 e. The predicted molar refractivity (Wildman–Crippen MR) is 60.6 cm³/mol. The zero-order valence-corrected chi connectivity index (χ0v) is 9.75. The second kappa shape index (κ2) is 6.30. The average molecular weight is 242 g/mol. The molecule has 0 saturated heterocycles. The molecule has 0 saturated carbocycles. The minimum Gasteiger partial charge on any atom is -0.276 e. The number of carbonyl (C=O) groups excluding carboxylic acids is 1. The van der Waals surface area contributed by atoms with E-state index in [1.165, 1.54) is 0 Å². The van der Waals surface area contributed by atoms with Crippen LogP contribution in [0.2, 0.25) is 0 Å². The zero-order valence-electron chi connectivity index (χ0n) is 9.75. The smallest absolute Gasteiger partial charge is 0.236 e. The number of amides is 1. The molecule has 0 spiro atoms. The number of benzene rings is 1. The first-order valence-corrected chi connectivity index (χ1v) is 5.53. The summed E-state index contributed by atoms with van der Waals surface area (Å²) in [6.07, 6.45) is 2.00. The first kappa shape index (κ1) is 13.6. The highest BCUT2D eigenvalue weighted by molar-refractivity contribution is 5.75. The lowest BCUT2D eigenvalue weighted by Crippen LogP contribution is -2.36. The molecule has 0 aliphatic carbocycles. The van der Waals surface area contributed by atoms with Crippen LogP contribution in [0, 0.1) is 11.6 Å². The van der Waals surface area contributed by atoms with E-state index >= 15 is 0 Å². The van der Waals surface area contributed by atoms with Gasteiger partial charge in [-0.25, -0.2) is 14.6 Å². The van der Waals surface area contributed by atoms with Crippen molar-refractivity contribution in [2.75, 3.05) is 0 Å². The fourth-order valence-electron chi connectivity index (χ4n) is 1.46. The van der Waals surface area contributed by atoms with Gasteiger partial charge in [0.1, 0.15) is 11.6 Å². The number of hydrogen-bond acceptors (Lipinski definition) is 2. The van der Waals surface area contributed by atoms with Crippen molar-refractivity contribution in [1.29, 1.82) is 0 Å². The van der Waals surface area contributed by atoms with Crippen molar-refractivity contribution in [2.45, 2.75) is 32.7 Å². The number of nitrogens with zero attached hydrogens (tertiary/aromatic N) is 1. The molecule has 2 N–H and O–H groups in total. The molecule has 1 aromatic rings. The third-order valence-electron chi connectivity index (χ3n) is 2.34. The van der Waals surface area contributed by atoms with E-state index in [2.05, 4.69) is 0 Å². The molecule has 1 rings (SSSR count). The highest BCUT2D eigenvalue weighted by Crippen LogP contribution is 2.10. The Labute approximate surface area is 99.2 Å². The van der Waals surface area contributed by atoms with Crippen molar-refractivity contribution in [3.05, 3.63) is 35.4 Å². The summed E-state index contributed by atoms with van der Waals surface area (Å²) in [7, 11) is 0. The van der Waals surface area contributed by atoms with E-state index in [0.29, 0.717) is 12.0 Å². The van der Waals surface area contributed by atoms with Crippen molar-refractivity contribution in [1.82, 2.24) is 5.01 Å². The van der Waals surface area contributed by atoms with Gasteiger partial charge >= 0.3 is 0 Å². The molecule has 0 fully saturated rings. The molecular formula is C12H16F2N2O. The molecule has 1 aromatic carbocycles. The van der Waals surface area contributed by atoms with Crippen molar-refractivity contribution in [2.24, 2.45) is 5.84 Å². The Morgan fingerprint density at radius 3 is 2.41 bits per heavy atom. The summed E-state index contributed by atoms with van der Waals surface area (Å²) in [5.41, 5.74) is 0.342. The molecule has 0 heterocycles. The topological polar surface area (TPSA) is 46.3 Å². The Balaban J connectivity index is 2.60. The fourth-order valence-corrected chi connectivity index (χ4v) is 1.46. The van der Waals surface area contributed by atoms with Crippen LogP contribution in [0.4, 0.5) is 8.78 Å². The lowest BCUT2D eigenvalue weighted by atomic mass is 10.2. The quantitative estimate of drug-likeness (QED) is 0.489. The molecule has 17 heavy (non-hydrogen) atoms. The van der Waals surface area contributed by atoms with Gasteiger partial charge in [-0.3, -0.25) is 9.80 Å². The van der Waals surface area contributed by atoms with Gasteiger partial charge in [0.15, 0.2) is 0 Å². The molecule has 0 aliphatic heterocycles. The lowest BCUT2D eigenvalue weighted by Gasteiger charge is -2.16. The van der Waals surface area contributed by atoms with E-state index in [-0.39, 0.29) is 12.5 Å². The number of hydrogen-bond donors (Lipinski definition) is 1. The predicted octanol–water partition coefficient (Wildman–Crippen LogP) is 2.36. The minimum atomic E-state index is -0.672. The molecule has 3 nitrogen and oxygen atoms in total. The lowest BCUT2D eigenvalue weighted by molar-refractivity contribution is -0.132. The van der Waals surface area contributed by atoms with Crippen LogP contribution in [0.1, 0.15) is 31.7 Å². The van der Waals surface area contributed by atoms with Crippen LogP contribution in [0.3, 0.4) is 0 Å². The van der Waals surface area contributed by atoms with Crippen LogP contribution in [-0.2, 0) is 11.3 Å². The first-order chi connectivity index (χ1) is 8.02. The molecule has 0 unspecified atom stereocenters. The number of rotatable bonds is 5. The van der Waals surface area contributed by atoms with Gasteiger partial charge in [0, 0.05) is 12.5 Å². The SMILES string of the molecule is CCCCC(=O)N(N)Cc1cc(F)cc(F)c1. The summed E-state index contributed by atoms with van der Waals surface area (Å²) in [5.74, 6) is 3.96. The van der Waals surface area contributed by atoms with Crippen LogP contribution in [-0.4, -0.2) is 10.9 Å². The molecule has 0 atom stereocenters. The Bertz CT molecular complexity index is 376. The van der Waals surface area contributed by atoms with Crippen molar-refractivity contribution >= 4 is 5.91 Å². The van der Waals surface area contributed by atoms with Gasteiger partial charge in [-0.1, -0.05) is 13.3 Å². The second-order valence-electron chi connectivity index (χ2n) is 3.90. The Morgan fingerprint density at radius 2 is 1.88 bits per heavy atom. The van der Waals surface area contributed by atoms with E-state index in [0.717, 1.165) is 36.0 Å². The summed E-state index contributed by atoms with van der Waals surface area (Å²) in [6.45, 7) is 1.98. The maximum absolute atomic E-state index is 12.9. The monoisotopic (exact) mass is 242 g/mol. The average Bonchev–Trinajstić information content (AvgIpc) is 2.24. The van der Waals surface area contributed by atoms with E-state index in [1.807, 2.05) is 6.92 Å². The number of hydrazine groups is 1. The van der Waals surface area contributed by atoms with Crippen LogP contribution < -0.4 is 5.84 Å². The standard InChI is InChI=1S/C12H16F2N2O/c1-2-3-4-12(17)16(15)8-9-5-10(13)7-11(14)6-9/h5-7H,2-4,8,15H2,1H3. The van der Waals surface area contributed by atoms with Gasteiger partial charge in [-0.05, 0) is 24.1 Å². The molecule has 94 valence electrons. The van der Waals surface area contributed by atoms with E-state index in [9.17, 15) is 13.6 Å². The summed E-state index contributed by atoms with van der Waals surface area (Å²) < 4.78 is 25.8. The van der Waals surface area contributed by atoms with E-state index < -0.39 is 11.6 Å². The minimum absolute atomic E-state index is 0.0111. The summed E-state index contributed by atoms with van der Waals surface area (Å²) in [4.78, 5) is 11.5. The Morgan fingerprint density at radius 1 is 1.29 bits per heavy atom. The van der Waals surface area contributed by atoms with E-state index in [4.69, 9.17) is 5.84 Å². The maximum Gasteiger partial charge on any atom is 0.236 e. The molecule has 0 aliphatic rings. The van der Waals surface area contributed by atoms with Crippen molar-refractivity contribution in [3.8, 4) is 0 Å². The molecule has 0 aromatic heterocycles. The summed E-state index contributed by atoms with van der Waals surface area (Å²) in [6, 6.07) is 3.11. The van der Waals surface area contributed by atoms with Crippen molar-refractivity contribution in [3.63, 3.8) is 0 Å². The summed E-state index contributed by atoms with van der Waals surface area (Å²) >= 11 is 0. The van der Waals surface area contributed by atoms with Crippen molar-refractivity contribution < 1.29 is 13.6 Å². The normalized spacial score (nSPS) is 10.4. The molecule has 0 bridgehead atoms.